The summed E-state index contributed by atoms with van der Waals surface area (Å²) in [6.45, 7) is 0.171. The van der Waals surface area contributed by atoms with E-state index in [1.54, 1.807) is 11.4 Å². The molecule has 21 heavy (non-hydrogen) atoms. The first-order chi connectivity index (χ1) is 9.94. The van der Waals surface area contributed by atoms with Crippen LogP contribution in [0.5, 0.6) is 0 Å². The van der Waals surface area contributed by atoms with Crippen molar-refractivity contribution in [3.63, 3.8) is 0 Å². The van der Waals surface area contributed by atoms with E-state index in [2.05, 4.69) is 31.5 Å². The summed E-state index contributed by atoms with van der Waals surface area (Å²) in [6, 6.07) is 3.86. The number of hydrogen-bond donors (Lipinski definition) is 4. The van der Waals surface area contributed by atoms with Gasteiger partial charge in [0, 0.05) is 21.2 Å². The minimum absolute atomic E-state index is 0.0573. The van der Waals surface area contributed by atoms with Crippen LogP contribution in [0.1, 0.15) is 16.1 Å². The quantitative estimate of drug-likeness (QED) is 0.659. The van der Waals surface area contributed by atoms with E-state index >= 15 is 0 Å². The van der Waals surface area contributed by atoms with E-state index in [-0.39, 0.29) is 17.0 Å². The van der Waals surface area contributed by atoms with Crippen LogP contribution in [-0.4, -0.2) is 22.1 Å². The largest absolute Gasteiger partial charge is 0.478 e. The molecule has 0 spiro atoms. The van der Waals surface area contributed by atoms with E-state index in [9.17, 15) is 14.4 Å². The van der Waals surface area contributed by atoms with Gasteiger partial charge in [0.15, 0.2) is 0 Å². The Balaban J connectivity index is 1.99. The molecular formula is C12H10BrN3O4S. The molecule has 0 aliphatic carbocycles. The second-order valence-corrected chi connectivity index (χ2v) is 5.77. The van der Waals surface area contributed by atoms with E-state index in [4.69, 9.17) is 5.11 Å². The number of H-pyrrole nitrogens is 1. The van der Waals surface area contributed by atoms with Crippen molar-refractivity contribution in [2.75, 3.05) is 5.32 Å². The van der Waals surface area contributed by atoms with E-state index in [0.717, 1.165) is 11.3 Å². The molecule has 2 aromatic rings. The number of aromatic carboxylic acids is 1. The molecule has 2 rings (SSSR count). The molecule has 0 aliphatic rings. The summed E-state index contributed by atoms with van der Waals surface area (Å²) in [4.78, 5) is 35.9. The Morgan fingerprint density at radius 3 is 2.71 bits per heavy atom. The van der Waals surface area contributed by atoms with Crippen molar-refractivity contribution in [3.05, 3.63) is 49.0 Å². The first-order valence-corrected chi connectivity index (χ1v) is 7.37. The van der Waals surface area contributed by atoms with Crippen LogP contribution in [0.3, 0.4) is 0 Å². The van der Waals surface area contributed by atoms with E-state index < -0.39 is 12.0 Å². The predicted octanol–water partition coefficient (Wildman–Crippen LogP) is 2.22. The number of nitrogens with one attached hydrogen (secondary N) is 3. The molecule has 0 bridgehead atoms. The Morgan fingerprint density at radius 2 is 2.10 bits per heavy atom. The van der Waals surface area contributed by atoms with Gasteiger partial charge in [0.1, 0.15) is 0 Å². The van der Waals surface area contributed by atoms with Crippen molar-refractivity contribution in [2.45, 2.75) is 6.54 Å². The number of urea groups is 1. The molecule has 9 heteroatoms. The zero-order valence-corrected chi connectivity index (χ0v) is 12.9. The van der Waals surface area contributed by atoms with Gasteiger partial charge in [0.2, 0.25) is 0 Å². The lowest BCUT2D eigenvalue weighted by Gasteiger charge is -2.08. The average molecular weight is 372 g/mol. The maximum Gasteiger partial charge on any atom is 0.335 e. The van der Waals surface area contributed by atoms with Gasteiger partial charge in [-0.15, -0.1) is 0 Å². The summed E-state index contributed by atoms with van der Waals surface area (Å²) in [5.41, 5.74) is 1.00. The van der Waals surface area contributed by atoms with Gasteiger partial charge in [0.05, 0.1) is 12.1 Å². The standard InChI is InChI=1S/C12H10BrN3O4S/c13-7-1-6(10(17)18)2-8(3-7)15-11(19)14-4-9-5-21-12(20)16-9/h1-3,5H,4H2,(H,16,20)(H,17,18)(H2,14,15,19). The fourth-order valence-corrected chi connectivity index (χ4v) is 2.61. The first-order valence-electron chi connectivity index (χ1n) is 5.69. The second-order valence-electron chi connectivity index (χ2n) is 4.01. The monoisotopic (exact) mass is 371 g/mol. The molecule has 0 radical (unpaired) electrons. The van der Waals surface area contributed by atoms with Crippen LogP contribution in [-0.2, 0) is 6.54 Å². The molecule has 0 atom stereocenters. The van der Waals surface area contributed by atoms with Crippen molar-refractivity contribution in [1.82, 2.24) is 10.3 Å². The maximum absolute atomic E-state index is 11.7. The molecule has 0 saturated heterocycles. The zero-order valence-electron chi connectivity index (χ0n) is 10.5. The van der Waals surface area contributed by atoms with Crippen LogP contribution in [0.4, 0.5) is 10.5 Å². The molecule has 4 N–H and O–H groups in total. The number of benzene rings is 1. The highest BCUT2D eigenvalue weighted by Crippen LogP contribution is 2.19. The average Bonchev–Trinajstić information content (AvgIpc) is 2.81. The molecular weight excluding hydrogens is 362 g/mol. The number of amides is 2. The summed E-state index contributed by atoms with van der Waals surface area (Å²) >= 11 is 4.19. The third kappa shape index (κ3) is 4.43. The molecule has 1 heterocycles. The summed E-state index contributed by atoms with van der Waals surface area (Å²) in [6.07, 6.45) is 0. The first kappa shape index (κ1) is 15.3. The summed E-state index contributed by atoms with van der Waals surface area (Å²) in [5.74, 6) is -1.09. The Labute approximate surface area is 131 Å². The minimum Gasteiger partial charge on any atom is -0.478 e. The molecule has 1 aromatic heterocycles. The molecule has 0 aliphatic heterocycles. The summed E-state index contributed by atoms with van der Waals surface area (Å²) < 4.78 is 0.542. The number of carbonyl (C=O) groups is 2. The number of halogens is 1. The van der Waals surface area contributed by atoms with Gasteiger partial charge in [-0.1, -0.05) is 27.3 Å². The topological polar surface area (TPSA) is 111 Å². The van der Waals surface area contributed by atoms with Gasteiger partial charge in [-0.3, -0.25) is 4.79 Å². The third-order valence-electron chi connectivity index (χ3n) is 2.41. The molecule has 1 aromatic carbocycles. The number of carboxylic acids is 1. The van der Waals surface area contributed by atoms with Gasteiger partial charge in [-0.2, -0.15) is 0 Å². The van der Waals surface area contributed by atoms with Crippen molar-refractivity contribution >= 4 is 45.0 Å². The number of rotatable bonds is 4. The number of anilines is 1. The number of carbonyl (C=O) groups excluding carboxylic acids is 1. The SMILES string of the molecule is O=C(NCc1csc(=O)[nH]1)Nc1cc(Br)cc(C(=O)O)c1. The van der Waals surface area contributed by atoms with Crippen LogP contribution in [0, 0.1) is 0 Å². The number of hydrogen-bond acceptors (Lipinski definition) is 4. The molecule has 7 nitrogen and oxygen atoms in total. The molecule has 0 unspecified atom stereocenters. The lowest BCUT2D eigenvalue weighted by molar-refractivity contribution is 0.0697. The third-order valence-corrected chi connectivity index (χ3v) is 3.59. The zero-order chi connectivity index (χ0) is 15.4. The fraction of sp³-hybridized carbons (Fsp3) is 0.0833. The van der Waals surface area contributed by atoms with Crippen LogP contribution in [0.25, 0.3) is 0 Å². The van der Waals surface area contributed by atoms with Crippen molar-refractivity contribution < 1.29 is 14.7 Å². The van der Waals surface area contributed by atoms with Crippen molar-refractivity contribution in [2.24, 2.45) is 0 Å². The maximum atomic E-state index is 11.7. The van der Waals surface area contributed by atoms with Crippen LogP contribution in [0.2, 0.25) is 0 Å². The van der Waals surface area contributed by atoms with E-state index in [0.29, 0.717) is 15.9 Å². The molecule has 0 saturated carbocycles. The normalized spacial score (nSPS) is 10.1. The van der Waals surface area contributed by atoms with Crippen LogP contribution < -0.4 is 15.5 Å². The van der Waals surface area contributed by atoms with Gasteiger partial charge < -0.3 is 20.7 Å². The Bertz CT molecular complexity index is 740. The lowest BCUT2D eigenvalue weighted by Crippen LogP contribution is -2.28. The molecule has 0 fully saturated rings. The van der Waals surface area contributed by atoms with E-state index in [1.807, 2.05) is 0 Å². The molecule has 110 valence electrons. The van der Waals surface area contributed by atoms with E-state index in [1.165, 1.54) is 12.1 Å². The van der Waals surface area contributed by atoms with Crippen LogP contribution in [0.15, 0.2) is 32.8 Å². The van der Waals surface area contributed by atoms with Crippen LogP contribution >= 0.6 is 27.3 Å². The van der Waals surface area contributed by atoms with Gasteiger partial charge in [-0.25, -0.2) is 9.59 Å². The van der Waals surface area contributed by atoms with Crippen molar-refractivity contribution in [3.8, 4) is 0 Å². The number of thiazole rings is 1. The smallest absolute Gasteiger partial charge is 0.335 e. The highest BCUT2D eigenvalue weighted by atomic mass is 79.9. The number of aromatic nitrogens is 1. The highest BCUT2D eigenvalue weighted by molar-refractivity contribution is 9.10. The Morgan fingerprint density at radius 1 is 1.33 bits per heavy atom. The number of carboxylic acid groups (broad SMARTS) is 1. The van der Waals surface area contributed by atoms with Gasteiger partial charge in [-0.05, 0) is 18.2 Å². The Hall–Kier alpha value is -2.13. The minimum atomic E-state index is -1.09. The summed E-state index contributed by atoms with van der Waals surface area (Å²) in [5, 5.41) is 15.6. The lowest BCUT2D eigenvalue weighted by atomic mass is 10.2. The van der Waals surface area contributed by atoms with Crippen molar-refractivity contribution in [1.29, 1.82) is 0 Å². The van der Waals surface area contributed by atoms with Gasteiger partial charge >= 0.3 is 16.9 Å². The van der Waals surface area contributed by atoms with Gasteiger partial charge in [0.25, 0.3) is 0 Å². The highest BCUT2D eigenvalue weighted by Gasteiger charge is 2.08. The summed E-state index contributed by atoms with van der Waals surface area (Å²) in [7, 11) is 0. The number of aromatic amines is 1. The predicted molar refractivity (Wildman–Crippen MR) is 81.9 cm³/mol. The Kier molecular flexibility index (Phi) is 4.76. The molecule has 2 amide bonds. The fourth-order valence-electron chi connectivity index (χ4n) is 1.54. The second kappa shape index (κ2) is 6.55.